The van der Waals surface area contributed by atoms with Gasteiger partial charge < -0.3 is 26.9 Å². The molecule has 26 heavy (non-hydrogen) atoms. The van der Waals surface area contributed by atoms with E-state index < -0.39 is 12.1 Å². The Hall–Kier alpha value is -1.89. The molecule has 1 fully saturated rings. The van der Waals surface area contributed by atoms with Gasteiger partial charge in [0, 0.05) is 23.5 Å². The molecular weight excluding hydrogens is 328 g/mol. The maximum atomic E-state index is 12.9. The third kappa shape index (κ3) is 4.09. The summed E-state index contributed by atoms with van der Waals surface area (Å²) < 4.78 is 0. The number of hydrogen-bond acceptors (Lipinski definition) is 4. The third-order valence-electron chi connectivity index (χ3n) is 5.44. The van der Waals surface area contributed by atoms with E-state index in [9.17, 15) is 9.90 Å². The molecule has 0 aliphatic heterocycles. The van der Waals surface area contributed by atoms with Crippen molar-refractivity contribution >= 4 is 16.8 Å². The molecule has 1 aliphatic rings. The Kier molecular flexibility index (Phi) is 6.29. The van der Waals surface area contributed by atoms with Crippen LogP contribution < -0.4 is 16.8 Å². The molecule has 1 amide bonds. The van der Waals surface area contributed by atoms with E-state index in [0.29, 0.717) is 24.6 Å². The number of rotatable bonds is 7. The molecule has 0 saturated heterocycles. The minimum absolute atomic E-state index is 0.155. The lowest BCUT2D eigenvalue weighted by molar-refractivity contribution is 0.0923. The molecule has 1 unspecified atom stereocenters. The number of nitrogens with one attached hydrogen (secondary N) is 2. The maximum Gasteiger partial charge on any atom is 0.268 e. The Morgan fingerprint density at radius 1 is 1.27 bits per heavy atom. The van der Waals surface area contributed by atoms with E-state index in [0.717, 1.165) is 29.3 Å². The molecule has 3 rings (SSSR count). The third-order valence-corrected chi connectivity index (χ3v) is 5.44. The van der Waals surface area contributed by atoms with Crippen LogP contribution >= 0.6 is 0 Å². The molecule has 1 aromatic carbocycles. The highest BCUT2D eigenvalue weighted by atomic mass is 16.3. The molecule has 0 spiro atoms. The normalized spacial score (nSPS) is 18.0. The second kappa shape index (κ2) is 8.66. The second-order valence-corrected chi connectivity index (χ2v) is 7.31. The summed E-state index contributed by atoms with van der Waals surface area (Å²) in [6.45, 7) is 0.593. The monoisotopic (exact) mass is 358 g/mol. The fraction of sp³-hybridized carbons (Fsp3) is 0.550. The van der Waals surface area contributed by atoms with Gasteiger partial charge in [0.2, 0.25) is 0 Å². The van der Waals surface area contributed by atoms with Crippen molar-refractivity contribution in [2.24, 2.45) is 11.5 Å². The van der Waals surface area contributed by atoms with Crippen molar-refractivity contribution in [3.05, 3.63) is 35.5 Å². The fourth-order valence-electron chi connectivity index (χ4n) is 3.98. The van der Waals surface area contributed by atoms with Crippen molar-refractivity contribution in [1.29, 1.82) is 0 Å². The zero-order valence-electron chi connectivity index (χ0n) is 15.2. The highest BCUT2D eigenvalue weighted by molar-refractivity contribution is 6.01. The number of H-pyrrole nitrogens is 1. The largest absolute Gasteiger partial charge is 0.391 e. The molecule has 1 saturated carbocycles. The first-order valence-electron chi connectivity index (χ1n) is 9.64. The number of aliphatic hydroxyl groups excluding tert-OH is 1. The van der Waals surface area contributed by atoms with Gasteiger partial charge in [-0.1, -0.05) is 37.5 Å². The Balaban J connectivity index is 1.81. The van der Waals surface area contributed by atoms with Crippen LogP contribution in [0.15, 0.2) is 24.3 Å². The minimum atomic E-state index is -0.708. The number of hydrogen-bond donors (Lipinski definition) is 5. The van der Waals surface area contributed by atoms with Gasteiger partial charge in [-0.3, -0.25) is 4.79 Å². The number of aromatic amines is 1. The van der Waals surface area contributed by atoms with Gasteiger partial charge in [0.1, 0.15) is 5.69 Å². The summed E-state index contributed by atoms with van der Waals surface area (Å²) in [4.78, 5) is 16.2. The maximum absolute atomic E-state index is 12.9. The zero-order valence-corrected chi connectivity index (χ0v) is 15.2. The number of aliphatic hydroxyl groups is 1. The number of carbonyl (C=O) groups is 1. The van der Waals surface area contributed by atoms with Crippen molar-refractivity contribution in [1.82, 2.24) is 10.3 Å². The minimum Gasteiger partial charge on any atom is -0.391 e. The molecule has 0 bridgehead atoms. The summed E-state index contributed by atoms with van der Waals surface area (Å²) in [5.74, 6) is 0.259. The Morgan fingerprint density at radius 3 is 2.73 bits per heavy atom. The van der Waals surface area contributed by atoms with Gasteiger partial charge in [0.15, 0.2) is 0 Å². The van der Waals surface area contributed by atoms with Gasteiger partial charge in [0.25, 0.3) is 5.91 Å². The quantitative estimate of drug-likeness (QED) is 0.520. The lowest BCUT2D eigenvalue weighted by atomic mass is 9.82. The van der Waals surface area contributed by atoms with Gasteiger partial charge in [-0.15, -0.1) is 0 Å². The smallest absolute Gasteiger partial charge is 0.268 e. The van der Waals surface area contributed by atoms with Gasteiger partial charge in [-0.25, -0.2) is 0 Å². The van der Waals surface area contributed by atoms with E-state index in [-0.39, 0.29) is 12.5 Å². The fourth-order valence-corrected chi connectivity index (χ4v) is 3.98. The van der Waals surface area contributed by atoms with Gasteiger partial charge >= 0.3 is 0 Å². The number of carbonyl (C=O) groups excluding carboxylic acids is 1. The summed E-state index contributed by atoms with van der Waals surface area (Å²) in [7, 11) is 0. The number of fused-ring (bicyclic) bond motifs is 1. The first-order chi connectivity index (χ1) is 12.6. The summed E-state index contributed by atoms with van der Waals surface area (Å²) in [6, 6.07) is 7.57. The van der Waals surface area contributed by atoms with Crippen molar-refractivity contribution in [2.75, 3.05) is 13.1 Å². The molecule has 1 aliphatic carbocycles. The highest BCUT2D eigenvalue weighted by Gasteiger charge is 2.26. The molecule has 0 radical (unpaired) electrons. The predicted molar refractivity (Wildman–Crippen MR) is 104 cm³/mol. The van der Waals surface area contributed by atoms with Gasteiger partial charge in [-0.05, 0) is 43.4 Å². The number of amides is 1. The van der Waals surface area contributed by atoms with Crippen LogP contribution in [0.25, 0.3) is 10.9 Å². The van der Waals surface area contributed by atoms with Crippen molar-refractivity contribution in [2.45, 2.75) is 56.6 Å². The SMILES string of the molecule is NCCC(O)[C@@H](N)CNC(=O)c1[nH]c2ccccc2c1C1CCCCC1. The summed E-state index contributed by atoms with van der Waals surface area (Å²) in [5.41, 5.74) is 14.2. The average Bonchev–Trinajstić information content (AvgIpc) is 3.06. The Labute approximate surface area is 154 Å². The molecule has 6 nitrogen and oxygen atoms in total. The molecule has 2 aromatic rings. The molecule has 142 valence electrons. The zero-order chi connectivity index (χ0) is 18.5. The molecule has 6 heteroatoms. The standard InChI is InChI=1S/C20H30N4O2/c21-11-10-17(25)15(22)12-23-20(26)19-18(13-6-2-1-3-7-13)14-8-4-5-9-16(14)24-19/h4-5,8-9,13,15,17,24-25H,1-3,6-7,10-12,21-22H2,(H,23,26)/t15-,17?/m0/s1. The Morgan fingerprint density at radius 2 is 2.00 bits per heavy atom. The van der Waals surface area contributed by atoms with Crippen LogP contribution in [0.2, 0.25) is 0 Å². The summed E-state index contributed by atoms with van der Waals surface area (Å²) in [5, 5.41) is 13.9. The van der Waals surface area contributed by atoms with Crippen LogP contribution in [0.3, 0.4) is 0 Å². The van der Waals surface area contributed by atoms with Crippen LogP contribution in [0.4, 0.5) is 0 Å². The topological polar surface area (TPSA) is 117 Å². The van der Waals surface area contributed by atoms with Crippen molar-refractivity contribution in [3.8, 4) is 0 Å². The highest BCUT2D eigenvalue weighted by Crippen LogP contribution is 2.38. The van der Waals surface area contributed by atoms with E-state index in [1.807, 2.05) is 18.2 Å². The lowest BCUT2D eigenvalue weighted by Crippen LogP contribution is -2.45. The molecular formula is C20H30N4O2. The predicted octanol–water partition coefficient (Wildman–Crippen LogP) is 1.98. The van der Waals surface area contributed by atoms with E-state index in [1.54, 1.807) is 0 Å². The number of benzene rings is 1. The molecule has 1 heterocycles. The van der Waals surface area contributed by atoms with E-state index in [1.165, 1.54) is 19.3 Å². The second-order valence-electron chi connectivity index (χ2n) is 7.31. The summed E-state index contributed by atoms with van der Waals surface area (Å²) >= 11 is 0. The van der Waals surface area contributed by atoms with Crippen LogP contribution in [0.1, 0.15) is 60.5 Å². The number of para-hydroxylation sites is 1. The van der Waals surface area contributed by atoms with Crippen molar-refractivity contribution in [3.63, 3.8) is 0 Å². The van der Waals surface area contributed by atoms with E-state index in [4.69, 9.17) is 11.5 Å². The lowest BCUT2D eigenvalue weighted by Gasteiger charge is -2.23. The van der Waals surface area contributed by atoms with Crippen LogP contribution in [0, 0.1) is 0 Å². The van der Waals surface area contributed by atoms with Crippen molar-refractivity contribution < 1.29 is 9.90 Å². The molecule has 2 atom stereocenters. The molecule has 1 aromatic heterocycles. The van der Waals surface area contributed by atoms with E-state index >= 15 is 0 Å². The summed E-state index contributed by atoms with van der Waals surface area (Å²) in [6.07, 6.45) is 5.66. The van der Waals surface area contributed by atoms with Gasteiger partial charge in [0.05, 0.1) is 6.10 Å². The Bertz CT molecular complexity index is 736. The van der Waals surface area contributed by atoms with Gasteiger partial charge in [-0.2, -0.15) is 0 Å². The van der Waals surface area contributed by atoms with Crippen LogP contribution in [-0.2, 0) is 0 Å². The van der Waals surface area contributed by atoms with Crippen LogP contribution in [0.5, 0.6) is 0 Å². The first-order valence-corrected chi connectivity index (χ1v) is 9.64. The number of nitrogens with two attached hydrogens (primary N) is 2. The average molecular weight is 358 g/mol. The van der Waals surface area contributed by atoms with Crippen LogP contribution in [-0.4, -0.2) is 41.2 Å². The number of aromatic nitrogens is 1. The van der Waals surface area contributed by atoms with E-state index in [2.05, 4.69) is 16.4 Å². The first kappa shape index (κ1) is 18.9. The molecule has 7 N–H and O–H groups in total.